The second-order valence-electron chi connectivity index (χ2n) is 5.07. The summed E-state index contributed by atoms with van der Waals surface area (Å²) in [5.41, 5.74) is -0.542. The van der Waals surface area contributed by atoms with E-state index < -0.39 is 5.54 Å². The van der Waals surface area contributed by atoms with Gasteiger partial charge in [0.05, 0.1) is 12.6 Å². The van der Waals surface area contributed by atoms with Crippen LogP contribution in [0.15, 0.2) is 18.5 Å². The fourth-order valence-corrected chi connectivity index (χ4v) is 2.99. The van der Waals surface area contributed by atoms with E-state index in [0.717, 1.165) is 32.2 Å². The summed E-state index contributed by atoms with van der Waals surface area (Å²) in [6.07, 6.45) is 7.43. The molecule has 106 valence electrons. The van der Waals surface area contributed by atoms with Gasteiger partial charge in [0.25, 0.3) is 0 Å². The minimum absolute atomic E-state index is 0.117. The molecule has 5 heteroatoms. The highest BCUT2D eigenvalue weighted by Crippen LogP contribution is 2.36. The van der Waals surface area contributed by atoms with E-state index in [1.807, 2.05) is 30.8 Å². The van der Waals surface area contributed by atoms with E-state index in [0.29, 0.717) is 6.61 Å². The number of carbonyl (C=O) groups excluding carboxylic acids is 1. The molecule has 5 nitrogen and oxygen atoms in total. The van der Waals surface area contributed by atoms with Gasteiger partial charge in [0, 0.05) is 12.4 Å². The van der Waals surface area contributed by atoms with Crippen LogP contribution in [0.25, 0.3) is 0 Å². The van der Waals surface area contributed by atoms with E-state index in [9.17, 15) is 4.79 Å². The van der Waals surface area contributed by atoms with Gasteiger partial charge in [-0.2, -0.15) is 5.10 Å². The molecule has 0 spiro atoms. The Kier molecular flexibility index (Phi) is 4.58. The molecule has 2 unspecified atom stereocenters. The number of hydrogen-bond donors (Lipinski definition) is 1. The Labute approximate surface area is 114 Å². The highest BCUT2D eigenvalue weighted by molar-refractivity contribution is 5.81. The molecule has 0 aliphatic heterocycles. The zero-order chi connectivity index (χ0) is 13.7. The maximum absolute atomic E-state index is 12.3. The Morgan fingerprint density at radius 3 is 3.05 bits per heavy atom. The molecule has 1 aliphatic carbocycles. The van der Waals surface area contributed by atoms with Crippen LogP contribution in [0.1, 0.15) is 45.6 Å². The molecule has 0 bridgehead atoms. The number of nitrogens with zero attached hydrogens (tertiary/aromatic N) is 2. The first-order chi connectivity index (χ1) is 9.22. The van der Waals surface area contributed by atoms with Crippen molar-refractivity contribution in [3.8, 4) is 0 Å². The number of esters is 1. The van der Waals surface area contributed by atoms with Crippen molar-refractivity contribution in [2.45, 2.75) is 51.1 Å². The van der Waals surface area contributed by atoms with Crippen molar-refractivity contribution in [1.82, 2.24) is 15.1 Å². The van der Waals surface area contributed by atoms with Crippen LogP contribution in [0.2, 0.25) is 0 Å². The zero-order valence-corrected chi connectivity index (χ0v) is 11.8. The zero-order valence-electron chi connectivity index (χ0n) is 11.8. The monoisotopic (exact) mass is 265 g/mol. The number of likely N-dealkylation sites (N-methyl/N-ethyl adjacent to an activating group) is 1. The van der Waals surface area contributed by atoms with Crippen LogP contribution in [0.5, 0.6) is 0 Å². The van der Waals surface area contributed by atoms with Crippen LogP contribution < -0.4 is 5.32 Å². The first-order valence-corrected chi connectivity index (χ1v) is 7.13. The molecule has 2 rings (SSSR count). The van der Waals surface area contributed by atoms with Crippen molar-refractivity contribution >= 4 is 5.97 Å². The normalized spacial score (nSPS) is 27.2. The van der Waals surface area contributed by atoms with Gasteiger partial charge in [-0.15, -0.1) is 0 Å². The molecule has 0 radical (unpaired) electrons. The Morgan fingerprint density at radius 2 is 2.42 bits per heavy atom. The van der Waals surface area contributed by atoms with Gasteiger partial charge in [-0.1, -0.05) is 6.92 Å². The molecule has 1 aromatic rings. The second-order valence-corrected chi connectivity index (χ2v) is 5.07. The molecule has 0 saturated heterocycles. The maximum atomic E-state index is 12.3. The summed E-state index contributed by atoms with van der Waals surface area (Å²) in [5, 5.41) is 7.67. The highest BCUT2D eigenvalue weighted by atomic mass is 16.5. The summed E-state index contributed by atoms with van der Waals surface area (Å²) >= 11 is 0. The minimum atomic E-state index is -0.542. The number of rotatable bonds is 5. The molecule has 2 atom stereocenters. The molecule has 1 N–H and O–H groups in total. The summed E-state index contributed by atoms with van der Waals surface area (Å²) in [7, 11) is 0. The van der Waals surface area contributed by atoms with Gasteiger partial charge in [-0.3, -0.25) is 9.48 Å². The van der Waals surface area contributed by atoms with Crippen LogP contribution >= 0.6 is 0 Å². The molecule has 19 heavy (non-hydrogen) atoms. The number of aromatic nitrogens is 2. The fraction of sp³-hybridized carbons (Fsp3) is 0.714. The average Bonchev–Trinajstić information content (AvgIpc) is 2.93. The van der Waals surface area contributed by atoms with Crippen molar-refractivity contribution in [3.63, 3.8) is 0 Å². The van der Waals surface area contributed by atoms with Crippen LogP contribution in [-0.2, 0) is 9.53 Å². The van der Waals surface area contributed by atoms with E-state index in [-0.39, 0.29) is 12.0 Å². The van der Waals surface area contributed by atoms with Gasteiger partial charge in [-0.05, 0) is 45.2 Å². The summed E-state index contributed by atoms with van der Waals surface area (Å²) in [6.45, 7) is 5.08. The molecular weight excluding hydrogens is 242 g/mol. The second kappa shape index (κ2) is 6.19. The Bertz CT molecular complexity index is 401. The van der Waals surface area contributed by atoms with Gasteiger partial charge in [0.1, 0.15) is 5.54 Å². The van der Waals surface area contributed by atoms with E-state index in [4.69, 9.17) is 4.74 Å². The number of ether oxygens (including phenoxy) is 1. The van der Waals surface area contributed by atoms with Crippen LogP contribution in [0.4, 0.5) is 0 Å². The summed E-state index contributed by atoms with van der Waals surface area (Å²) in [6, 6.07) is 2.20. The quantitative estimate of drug-likeness (QED) is 0.826. The predicted octanol–water partition coefficient (Wildman–Crippen LogP) is 1.91. The van der Waals surface area contributed by atoms with Crippen LogP contribution in [0, 0.1) is 0 Å². The minimum Gasteiger partial charge on any atom is -0.465 e. The van der Waals surface area contributed by atoms with Gasteiger partial charge in [-0.25, -0.2) is 0 Å². The largest absolute Gasteiger partial charge is 0.465 e. The molecule has 1 saturated carbocycles. The number of hydrogen-bond acceptors (Lipinski definition) is 4. The Hall–Kier alpha value is -1.36. The fourth-order valence-electron chi connectivity index (χ4n) is 2.99. The van der Waals surface area contributed by atoms with Gasteiger partial charge in [0.2, 0.25) is 0 Å². The van der Waals surface area contributed by atoms with Gasteiger partial charge >= 0.3 is 5.97 Å². The molecule has 0 aromatic carbocycles. The molecule has 1 aromatic heterocycles. The van der Waals surface area contributed by atoms with Crippen LogP contribution in [0.3, 0.4) is 0 Å². The first kappa shape index (κ1) is 14.1. The smallest absolute Gasteiger partial charge is 0.326 e. The van der Waals surface area contributed by atoms with E-state index in [2.05, 4.69) is 10.4 Å². The predicted molar refractivity (Wildman–Crippen MR) is 72.8 cm³/mol. The third-order valence-corrected chi connectivity index (χ3v) is 3.81. The number of nitrogens with one attached hydrogen (secondary N) is 1. The first-order valence-electron chi connectivity index (χ1n) is 7.13. The molecular formula is C14H23N3O2. The van der Waals surface area contributed by atoms with Crippen LogP contribution in [-0.4, -0.2) is 34.4 Å². The topological polar surface area (TPSA) is 56.1 Å². The molecule has 1 aliphatic rings. The van der Waals surface area contributed by atoms with E-state index >= 15 is 0 Å². The maximum Gasteiger partial charge on any atom is 0.326 e. The third-order valence-electron chi connectivity index (χ3n) is 3.81. The molecule has 0 amide bonds. The Balaban J connectivity index is 2.16. The third kappa shape index (κ3) is 2.97. The molecule has 1 heterocycles. The van der Waals surface area contributed by atoms with Crippen molar-refractivity contribution in [2.24, 2.45) is 0 Å². The lowest BCUT2D eigenvalue weighted by molar-refractivity contribution is -0.153. The summed E-state index contributed by atoms with van der Waals surface area (Å²) in [4.78, 5) is 12.3. The lowest BCUT2D eigenvalue weighted by Gasteiger charge is -2.39. The van der Waals surface area contributed by atoms with Crippen molar-refractivity contribution in [2.75, 3.05) is 13.2 Å². The lowest BCUT2D eigenvalue weighted by Crippen LogP contribution is -2.55. The van der Waals surface area contributed by atoms with E-state index in [1.54, 1.807) is 6.20 Å². The van der Waals surface area contributed by atoms with Crippen molar-refractivity contribution in [1.29, 1.82) is 0 Å². The standard InChI is InChI=1S/C14H23N3O2/c1-3-15-14(13(18)19-4-2)8-5-7-12(11-14)17-10-6-9-16-17/h6,9-10,12,15H,3-5,7-8,11H2,1-2H3. The highest BCUT2D eigenvalue weighted by Gasteiger charge is 2.44. The van der Waals surface area contributed by atoms with Gasteiger partial charge < -0.3 is 10.1 Å². The summed E-state index contributed by atoms with van der Waals surface area (Å²) in [5.74, 6) is -0.117. The SMILES string of the molecule is CCNC1(C(=O)OCC)CCCC(n2cccn2)C1. The Morgan fingerprint density at radius 1 is 1.58 bits per heavy atom. The van der Waals surface area contributed by atoms with Crippen molar-refractivity contribution in [3.05, 3.63) is 18.5 Å². The number of carbonyl (C=O) groups is 1. The molecule has 1 fully saturated rings. The van der Waals surface area contributed by atoms with Crippen molar-refractivity contribution < 1.29 is 9.53 Å². The average molecular weight is 265 g/mol. The van der Waals surface area contributed by atoms with Gasteiger partial charge in [0.15, 0.2) is 0 Å². The lowest BCUT2D eigenvalue weighted by atomic mass is 9.79. The summed E-state index contributed by atoms with van der Waals surface area (Å²) < 4.78 is 7.23. The van der Waals surface area contributed by atoms with E-state index in [1.165, 1.54) is 0 Å².